The molecule has 80 valence electrons. The van der Waals surface area contributed by atoms with Crippen molar-refractivity contribution >= 4 is 35.7 Å². The van der Waals surface area contributed by atoms with E-state index in [-0.39, 0.29) is 9.50 Å². The van der Waals surface area contributed by atoms with Crippen LogP contribution in [0.1, 0.15) is 0 Å². The van der Waals surface area contributed by atoms with Crippen LogP contribution in [0.3, 0.4) is 0 Å². The Balaban J connectivity index is 3.06. The van der Waals surface area contributed by atoms with E-state index < -0.39 is 22.0 Å². The maximum Gasteiger partial charge on any atom is 0.265 e. The molecule has 1 rings (SSSR count). The summed E-state index contributed by atoms with van der Waals surface area (Å²) in [5.74, 6) is 0. The summed E-state index contributed by atoms with van der Waals surface area (Å²) in [5.41, 5.74) is 0. The van der Waals surface area contributed by atoms with E-state index in [2.05, 4.69) is 21.0 Å². The number of nitrogens with zero attached hydrogens (tertiary/aromatic N) is 2. The molecule has 0 saturated heterocycles. The minimum atomic E-state index is -3.95. The Morgan fingerprint density at radius 1 is 1.64 bits per heavy atom. The SMILES string of the molecule is O=S(=O)(Cl)c1cn(CC(F)F)nc1Br. The number of rotatable bonds is 3. The van der Waals surface area contributed by atoms with Crippen LogP contribution in [0.2, 0.25) is 0 Å². The molecule has 0 aliphatic carbocycles. The lowest BCUT2D eigenvalue weighted by molar-refractivity contribution is 0.121. The van der Waals surface area contributed by atoms with Gasteiger partial charge in [0.2, 0.25) is 0 Å². The van der Waals surface area contributed by atoms with E-state index >= 15 is 0 Å². The number of alkyl halides is 2. The Morgan fingerprint density at radius 3 is 2.57 bits per heavy atom. The maximum absolute atomic E-state index is 11.9. The molecule has 0 fully saturated rings. The summed E-state index contributed by atoms with van der Waals surface area (Å²) >= 11 is 2.80. The maximum atomic E-state index is 11.9. The van der Waals surface area contributed by atoms with E-state index in [1.54, 1.807) is 0 Å². The van der Waals surface area contributed by atoms with Crippen molar-refractivity contribution in [3.8, 4) is 0 Å². The van der Waals surface area contributed by atoms with Gasteiger partial charge in [0.25, 0.3) is 15.5 Å². The molecule has 1 aromatic heterocycles. The van der Waals surface area contributed by atoms with Crippen LogP contribution in [0.25, 0.3) is 0 Å². The molecule has 0 aromatic carbocycles. The van der Waals surface area contributed by atoms with Crippen molar-refractivity contribution in [2.75, 3.05) is 0 Å². The average molecular weight is 310 g/mol. The molecule has 0 aliphatic rings. The first-order valence-electron chi connectivity index (χ1n) is 3.26. The van der Waals surface area contributed by atoms with Crippen LogP contribution in [-0.4, -0.2) is 24.6 Å². The van der Waals surface area contributed by atoms with Crippen LogP contribution in [0, 0.1) is 0 Å². The van der Waals surface area contributed by atoms with E-state index in [0.29, 0.717) is 0 Å². The minimum Gasteiger partial charge on any atom is -0.264 e. The van der Waals surface area contributed by atoms with Crippen molar-refractivity contribution in [2.24, 2.45) is 0 Å². The second-order valence-corrected chi connectivity index (χ2v) is 5.62. The first-order chi connectivity index (χ1) is 6.30. The van der Waals surface area contributed by atoms with Gasteiger partial charge in [-0.1, -0.05) is 0 Å². The molecule has 0 aliphatic heterocycles. The Labute approximate surface area is 91.4 Å². The largest absolute Gasteiger partial charge is 0.265 e. The molecule has 0 spiro atoms. The molecule has 0 unspecified atom stereocenters. The Morgan fingerprint density at radius 2 is 2.21 bits per heavy atom. The molecule has 9 heteroatoms. The zero-order valence-corrected chi connectivity index (χ0v) is 9.65. The third-order valence-corrected chi connectivity index (χ3v) is 3.44. The number of hydrogen-bond acceptors (Lipinski definition) is 3. The van der Waals surface area contributed by atoms with E-state index in [9.17, 15) is 17.2 Å². The monoisotopic (exact) mass is 308 g/mol. The summed E-state index contributed by atoms with van der Waals surface area (Å²) in [7, 11) is 1.06. The molecule has 0 bridgehead atoms. The third-order valence-electron chi connectivity index (χ3n) is 1.27. The van der Waals surface area contributed by atoms with Gasteiger partial charge in [0.15, 0.2) is 0 Å². The van der Waals surface area contributed by atoms with Gasteiger partial charge in [0.1, 0.15) is 16.0 Å². The van der Waals surface area contributed by atoms with Crippen LogP contribution < -0.4 is 0 Å². The summed E-state index contributed by atoms with van der Waals surface area (Å²) in [6, 6.07) is 0. The van der Waals surface area contributed by atoms with Crippen molar-refractivity contribution in [1.82, 2.24) is 9.78 Å². The van der Waals surface area contributed by atoms with Crippen LogP contribution in [0.15, 0.2) is 15.7 Å². The van der Waals surface area contributed by atoms with Gasteiger partial charge in [-0.3, -0.25) is 4.68 Å². The molecule has 1 aromatic rings. The van der Waals surface area contributed by atoms with E-state index in [1.807, 2.05) is 0 Å². The number of halogens is 4. The predicted octanol–water partition coefficient (Wildman–Crippen LogP) is 1.84. The topological polar surface area (TPSA) is 52.0 Å². The van der Waals surface area contributed by atoms with Gasteiger partial charge in [-0.15, -0.1) is 0 Å². The molecule has 0 atom stereocenters. The zero-order chi connectivity index (χ0) is 10.9. The van der Waals surface area contributed by atoms with Gasteiger partial charge in [-0.25, -0.2) is 17.2 Å². The standard InChI is InChI=1S/C5H4BrClF2N2O2S/c6-5-3(14(7,12)13)1-11(10-5)2-4(8)9/h1,4H,2H2. The van der Waals surface area contributed by atoms with Gasteiger partial charge in [0.05, 0.1) is 0 Å². The Hall–Kier alpha value is -0.210. The molecule has 0 N–H and O–H groups in total. The Bertz CT molecular complexity index is 433. The molecule has 4 nitrogen and oxygen atoms in total. The first-order valence-corrected chi connectivity index (χ1v) is 6.36. The fraction of sp³-hybridized carbons (Fsp3) is 0.400. The highest BCUT2D eigenvalue weighted by molar-refractivity contribution is 9.10. The summed E-state index contributed by atoms with van der Waals surface area (Å²) in [4.78, 5) is -0.320. The fourth-order valence-electron chi connectivity index (χ4n) is 0.778. The van der Waals surface area contributed by atoms with E-state index in [4.69, 9.17) is 10.7 Å². The van der Waals surface area contributed by atoms with Crippen LogP contribution in [0.4, 0.5) is 8.78 Å². The second kappa shape index (κ2) is 4.11. The molecule has 0 radical (unpaired) electrons. The number of hydrogen-bond donors (Lipinski definition) is 0. The lowest BCUT2D eigenvalue weighted by Gasteiger charge is -1.97. The van der Waals surface area contributed by atoms with Crippen molar-refractivity contribution < 1.29 is 17.2 Å². The fourth-order valence-corrected chi connectivity index (χ4v) is 2.83. The smallest absolute Gasteiger partial charge is 0.264 e. The lowest BCUT2D eigenvalue weighted by atomic mass is 10.7. The number of aromatic nitrogens is 2. The van der Waals surface area contributed by atoms with Crippen molar-refractivity contribution in [2.45, 2.75) is 17.9 Å². The highest BCUT2D eigenvalue weighted by Gasteiger charge is 2.19. The molecular weight excluding hydrogens is 305 g/mol. The average Bonchev–Trinajstić information content (AvgIpc) is 2.27. The highest BCUT2D eigenvalue weighted by atomic mass is 79.9. The lowest BCUT2D eigenvalue weighted by Crippen LogP contribution is -2.06. The molecule has 0 saturated carbocycles. The summed E-state index contributed by atoms with van der Waals surface area (Å²) in [6.45, 7) is -0.676. The predicted molar refractivity (Wildman–Crippen MR) is 49.0 cm³/mol. The normalized spacial score (nSPS) is 12.4. The van der Waals surface area contributed by atoms with Crippen molar-refractivity contribution in [3.63, 3.8) is 0 Å². The van der Waals surface area contributed by atoms with Crippen LogP contribution in [0.5, 0.6) is 0 Å². The molecule has 1 heterocycles. The van der Waals surface area contributed by atoms with Gasteiger partial charge < -0.3 is 0 Å². The van der Waals surface area contributed by atoms with Gasteiger partial charge in [-0.2, -0.15) is 5.10 Å². The van der Waals surface area contributed by atoms with Crippen LogP contribution >= 0.6 is 26.6 Å². The third kappa shape index (κ3) is 2.89. The second-order valence-electron chi connectivity index (χ2n) is 2.34. The van der Waals surface area contributed by atoms with Crippen molar-refractivity contribution in [1.29, 1.82) is 0 Å². The summed E-state index contributed by atoms with van der Waals surface area (Å²) < 4.78 is 46.2. The zero-order valence-electron chi connectivity index (χ0n) is 6.49. The molecule has 14 heavy (non-hydrogen) atoms. The van der Waals surface area contributed by atoms with E-state index in [1.165, 1.54) is 0 Å². The highest BCUT2D eigenvalue weighted by Crippen LogP contribution is 2.23. The molecule has 0 amide bonds. The van der Waals surface area contributed by atoms with Gasteiger partial charge >= 0.3 is 0 Å². The van der Waals surface area contributed by atoms with Gasteiger partial charge in [-0.05, 0) is 15.9 Å². The quantitative estimate of drug-likeness (QED) is 0.801. The van der Waals surface area contributed by atoms with Crippen LogP contribution in [-0.2, 0) is 15.6 Å². The van der Waals surface area contributed by atoms with E-state index in [0.717, 1.165) is 10.9 Å². The summed E-state index contributed by atoms with van der Waals surface area (Å²) in [6.07, 6.45) is -1.66. The first kappa shape index (κ1) is 11.9. The van der Waals surface area contributed by atoms with Crippen molar-refractivity contribution in [3.05, 3.63) is 10.8 Å². The Kier molecular flexibility index (Phi) is 3.49. The summed E-state index contributed by atoms with van der Waals surface area (Å²) in [5, 5.41) is 3.51. The minimum absolute atomic E-state index is 0.0758. The van der Waals surface area contributed by atoms with Gasteiger partial charge in [0, 0.05) is 16.9 Å². The molecular formula is C5H4BrClF2N2O2S.